The minimum absolute atomic E-state index is 0.0585. The monoisotopic (exact) mass is 376 g/mol. The molecule has 3 rings (SSSR count). The van der Waals surface area contributed by atoms with Crippen LogP contribution < -0.4 is 4.90 Å². The summed E-state index contributed by atoms with van der Waals surface area (Å²) in [5.74, 6) is -1.85. The largest absolute Gasteiger partial charge is 0.324 e. The number of likely N-dealkylation sites (tertiary alicyclic amines) is 1. The van der Waals surface area contributed by atoms with E-state index in [0.29, 0.717) is 12.8 Å². The summed E-state index contributed by atoms with van der Waals surface area (Å²) >= 11 is 0. The van der Waals surface area contributed by atoms with Crippen LogP contribution in [0.15, 0.2) is 12.1 Å². The average molecular weight is 376 g/mol. The maximum Gasteiger partial charge on any atom is 0.324 e. The number of benzene rings is 1. The number of carbonyl (C=O) groups excluding carboxylic acids is 1. The second-order valence-corrected chi connectivity index (χ2v) is 8.84. The fourth-order valence-corrected chi connectivity index (χ4v) is 4.58. The molecule has 5 nitrogen and oxygen atoms in total. The zero-order valence-electron chi connectivity index (χ0n) is 13.7. The minimum Gasteiger partial charge on any atom is -0.317 e. The fourth-order valence-electron chi connectivity index (χ4n) is 3.57. The number of nitrogens with zero attached hydrogens (tertiary/aromatic N) is 2. The number of alkyl halides is 1. The van der Waals surface area contributed by atoms with Crippen molar-refractivity contribution in [2.24, 2.45) is 0 Å². The molecular formula is C16H19F3N2O3S. The fraction of sp³-hybridized carbons (Fsp3) is 0.562. The van der Waals surface area contributed by atoms with Crippen LogP contribution in [0.4, 0.5) is 23.7 Å². The first kappa shape index (κ1) is 18.0. The number of rotatable bonds is 2. The van der Waals surface area contributed by atoms with E-state index in [-0.39, 0.29) is 36.5 Å². The molecule has 2 heterocycles. The number of fused-ring (bicyclic) bond motifs is 1. The van der Waals surface area contributed by atoms with Crippen LogP contribution >= 0.6 is 0 Å². The summed E-state index contributed by atoms with van der Waals surface area (Å²) in [6.07, 6.45) is 0.526. The lowest BCUT2D eigenvalue weighted by molar-refractivity contribution is 0.199. The topological polar surface area (TPSA) is 57.7 Å². The second kappa shape index (κ2) is 6.51. The number of sulfone groups is 1. The van der Waals surface area contributed by atoms with Crippen molar-refractivity contribution in [3.8, 4) is 0 Å². The van der Waals surface area contributed by atoms with Gasteiger partial charge in [-0.15, -0.1) is 0 Å². The predicted molar refractivity (Wildman–Crippen MR) is 87.1 cm³/mol. The van der Waals surface area contributed by atoms with Gasteiger partial charge < -0.3 is 4.90 Å². The Hall–Kier alpha value is -1.77. The van der Waals surface area contributed by atoms with E-state index in [1.165, 1.54) is 9.80 Å². The number of halogens is 3. The van der Waals surface area contributed by atoms with Crippen LogP contribution in [0.25, 0.3) is 0 Å². The molecule has 0 radical (unpaired) electrons. The number of anilines is 1. The van der Waals surface area contributed by atoms with E-state index in [9.17, 15) is 26.4 Å². The van der Waals surface area contributed by atoms with Gasteiger partial charge in [0.2, 0.25) is 0 Å². The third-order valence-corrected chi connectivity index (χ3v) is 5.56. The van der Waals surface area contributed by atoms with Gasteiger partial charge in [0.25, 0.3) is 0 Å². The first-order valence-electron chi connectivity index (χ1n) is 8.03. The van der Waals surface area contributed by atoms with Crippen LogP contribution in [0.1, 0.15) is 18.4 Å². The lowest BCUT2D eigenvalue weighted by Crippen LogP contribution is -2.49. The molecule has 0 N–H and O–H groups in total. The number of carbonyl (C=O) groups is 1. The number of amides is 2. The van der Waals surface area contributed by atoms with Crippen molar-refractivity contribution in [1.82, 2.24) is 4.90 Å². The number of hydrogen-bond acceptors (Lipinski definition) is 3. The molecule has 25 heavy (non-hydrogen) atoms. The van der Waals surface area contributed by atoms with Gasteiger partial charge in [0.15, 0.2) is 0 Å². The molecule has 2 aliphatic rings. The Morgan fingerprint density at radius 1 is 1.32 bits per heavy atom. The molecule has 0 aliphatic carbocycles. The normalized spacial score (nSPS) is 23.7. The van der Waals surface area contributed by atoms with Gasteiger partial charge in [0, 0.05) is 30.9 Å². The molecular weight excluding hydrogens is 357 g/mol. The highest BCUT2D eigenvalue weighted by Gasteiger charge is 2.40. The van der Waals surface area contributed by atoms with Gasteiger partial charge in [-0.1, -0.05) is 0 Å². The predicted octanol–water partition coefficient (Wildman–Crippen LogP) is 2.29. The Labute approximate surface area is 144 Å². The van der Waals surface area contributed by atoms with Crippen LogP contribution in [0.5, 0.6) is 0 Å². The third kappa shape index (κ3) is 3.75. The van der Waals surface area contributed by atoms with Crippen LogP contribution in [0.2, 0.25) is 0 Å². The highest BCUT2D eigenvalue weighted by molar-refractivity contribution is 7.90. The maximum atomic E-state index is 14.0. The Morgan fingerprint density at radius 2 is 2.04 bits per heavy atom. The standard InChI is InChI=1S/C16H19F3N2O3S/c1-25(23,24)9-12-5-11(18)8-21(12)16(22)20-4-2-3-13-14(19)6-10(17)7-15(13)20/h6-7,11-12H,2-5,8-9H2,1H3/t11-,12-/m0/s1. The van der Waals surface area contributed by atoms with Gasteiger partial charge in [-0.3, -0.25) is 4.90 Å². The molecule has 1 aromatic rings. The lowest BCUT2D eigenvalue weighted by Gasteiger charge is -2.35. The van der Waals surface area contributed by atoms with Gasteiger partial charge in [0.05, 0.1) is 24.0 Å². The first-order chi connectivity index (χ1) is 11.7. The van der Waals surface area contributed by atoms with Crippen molar-refractivity contribution in [3.63, 3.8) is 0 Å². The Kier molecular flexibility index (Phi) is 4.70. The van der Waals surface area contributed by atoms with Crippen LogP contribution in [0.3, 0.4) is 0 Å². The summed E-state index contributed by atoms with van der Waals surface area (Å²) in [6.45, 7) is 0.0242. The van der Waals surface area contributed by atoms with Crippen molar-refractivity contribution < 1.29 is 26.4 Å². The molecule has 1 saturated heterocycles. The maximum absolute atomic E-state index is 14.0. The van der Waals surface area contributed by atoms with Crippen LogP contribution in [-0.4, -0.2) is 56.7 Å². The van der Waals surface area contributed by atoms with Gasteiger partial charge in [-0.2, -0.15) is 0 Å². The number of hydrogen-bond donors (Lipinski definition) is 0. The van der Waals surface area contributed by atoms with Crippen molar-refractivity contribution in [2.45, 2.75) is 31.5 Å². The molecule has 0 aromatic heterocycles. The zero-order chi connectivity index (χ0) is 18.4. The molecule has 2 atom stereocenters. The Bertz CT molecular complexity index is 800. The van der Waals surface area contributed by atoms with Crippen molar-refractivity contribution in [2.75, 3.05) is 30.0 Å². The zero-order valence-corrected chi connectivity index (χ0v) is 14.5. The van der Waals surface area contributed by atoms with Crippen LogP contribution in [-0.2, 0) is 16.3 Å². The summed E-state index contributed by atoms with van der Waals surface area (Å²) in [5.41, 5.74) is 0.380. The molecule has 0 bridgehead atoms. The molecule has 138 valence electrons. The van der Waals surface area contributed by atoms with Crippen molar-refractivity contribution in [1.29, 1.82) is 0 Å². The summed E-state index contributed by atoms with van der Waals surface area (Å²) in [7, 11) is -3.40. The smallest absolute Gasteiger partial charge is 0.317 e. The van der Waals surface area contributed by atoms with Crippen molar-refractivity contribution in [3.05, 3.63) is 29.3 Å². The summed E-state index contributed by atoms with van der Waals surface area (Å²) < 4.78 is 64.5. The quantitative estimate of drug-likeness (QED) is 0.796. The van der Waals surface area contributed by atoms with E-state index in [0.717, 1.165) is 18.4 Å². The molecule has 2 amide bonds. The Balaban J connectivity index is 1.91. The SMILES string of the molecule is CS(=O)(=O)C[C@@H]1C[C@H](F)CN1C(=O)N1CCCc2c(F)cc(F)cc21. The van der Waals surface area contributed by atoms with E-state index in [2.05, 4.69) is 0 Å². The summed E-state index contributed by atoms with van der Waals surface area (Å²) in [4.78, 5) is 15.3. The van der Waals surface area contributed by atoms with Crippen molar-refractivity contribution >= 4 is 21.6 Å². The Morgan fingerprint density at radius 3 is 2.72 bits per heavy atom. The first-order valence-corrected chi connectivity index (χ1v) is 10.1. The molecule has 0 unspecified atom stereocenters. The van der Waals surface area contributed by atoms with E-state index in [1.807, 2.05) is 0 Å². The van der Waals surface area contributed by atoms with Crippen LogP contribution in [0, 0.1) is 11.6 Å². The van der Waals surface area contributed by atoms with Gasteiger partial charge in [-0.25, -0.2) is 26.4 Å². The molecule has 1 fully saturated rings. The lowest BCUT2D eigenvalue weighted by atomic mass is 10.0. The van der Waals surface area contributed by atoms with E-state index >= 15 is 0 Å². The van der Waals surface area contributed by atoms with E-state index in [4.69, 9.17) is 0 Å². The van der Waals surface area contributed by atoms with E-state index in [1.54, 1.807) is 0 Å². The van der Waals surface area contributed by atoms with Gasteiger partial charge in [0.1, 0.15) is 27.6 Å². The second-order valence-electron chi connectivity index (χ2n) is 6.65. The third-order valence-electron chi connectivity index (χ3n) is 4.57. The van der Waals surface area contributed by atoms with Gasteiger partial charge >= 0.3 is 6.03 Å². The number of urea groups is 1. The summed E-state index contributed by atoms with van der Waals surface area (Å²) in [5, 5.41) is 0. The molecule has 0 spiro atoms. The van der Waals surface area contributed by atoms with Gasteiger partial charge in [-0.05, 0) is 18.9 Å². The summed E-state index contributed by atoms with van der Waals surface area (Å²) in [6, 6.07) is 0.470. The molecule has 1 aromatic carbocycles. The highest BCUT2D eigenvalue weighted by Crippen LogP contribution is 2.33. The minimum atomic E-state index is -3.40. The average Bonchev–Trinajstić information content (AvgIpc) is 2.84. The molecule has 2 aliphatic heterocycles. The highest BCUT2D eigenvalue weighted by atomic mass is 32.2. The molecule has 0 saturated carbocycles. The van der Waals surface area contributed by atoms with E-state index < -0.39 is 39.7 Å². The molecule has 9 heteroatoms.